The zero-order valence-corrected chi connectivity index (χ0v) is 16.1. The van der Waals surface area contributed by atoms with Crippen molar-refractivity contribution in [2.75, 3.05) is 6.54 Å². The van der Waals surface area contributed by atoms with Crippen molar-refractivity contribution < 1.29 is 9.21 Å². The number of amides is 1. The molecule has 3 heterocycles. The second kappa shape index (κ2) is 7.20. The van der Waals surface area contributed by atoms with E-state index in [2.05, 4.69) is 11.1 Å². The van der Waals surface area contributed by atoms with E-state index in [1.165, 1.54) is 4.70 Å². The number of thiazole rings is 1. The maximum absolute atomic E-state index is 13.0. The predicted octanol–water partition coefficient (Wildman–Crippen LogP) is 4.86. The molecule has 5 nitrogen and oxygen atoms in total. The van der Waals surface area contributed by atoms with Gasteiger partial charge in [0, 0.05) is 12.1 Å². The van der Waals surface area contributed by atoms with Crippen LogP contribution in [0.3, 0.4) is 0 Å². The summed E-state index contributed by atoms with van der Waals surface area (Å²) in [6, 6.07) is 17.9. The van der Waals surface area contributed by atoms with Gasteiger partial charge in [0.25, 0.3) is 0 Å². The van der Waals surface area contributed by atoms with Crippen LogP contribution in [0.2, 0.25) is 0 Å². The molecule has 6 heteroatoms. The Morgan fingerprint density at radius 1 is 1.11 bits per heavy atom. The van der Waals surface area contributed by atoms with Gasteiger partial charge in [-0.25, -0.2) is 9.97 Å². The molecular formula is C22H19N3O2S. The highest BCUT2D eigenvalue weighted by Gasteiger charge is 2.32. The maximum Gasteiger partial charge on any atom is 0.229 e. The van der Waals surface area contributed by atoms with Crippen LogP contribution in [-0.4, -0.2) is 27.3 Å². The average molecular weight is 389 g/mol. The van der Waals surface area contributed by atoms with Gasteiger partial charge in [0.15, 0.2) is 0 Å². The number of likely N-dealkylation sites (tertiary alicyclic amines) is 1. The molecule has 1 saturated heterocycles. The van der Waals surface area contributed by atoms with E-state index in [0.29, 0.717) is 11.6 Å². The first kappa shape index (κ1) is 17.1. The summed E-state index contributed by atoms with van der Waals surface area (Å²) >= 11 is 1.68. The lowest BCUT2D eigenvalue weighted by atomic mass is 10.2. The van der Waals surface area contributed by atoms with Gasteiger partial charge in [0.1, 0.15) is 11.3 Å². The first-order chi connectivity index (χ1) is 13.8. The lowest BCUT2D eigenvalue weighted by molar-refractivity contribution is -0.131. The van der Waals surface area contributed by atoms with E-state index in [0.717, 1.165) is 35.5 Å². The number of hydrogen-bond donors (Lipinski definition) is 0. The number of carbonyl (C=O) groups is 1. The molecule has 0 aliphatic carbocycles. The molecule has 2 aromatic carbocycles. The fourth-order valence-corrected chi connectivity index (χ4v) is 4.83. The highest BCUT2D eigenvalue weighted by atomic mass is 32.1. The largest absolute Gasteiger partial charge is 0.444 e. The van der Waals surface area contributed by atoms with E-state index in [4.69, 9.17) is 9.40 Å². The minimum absolute atomic E-state index is 0.0606. The van der Waals surface area contributed by atoms with Crippen LogP contribution in [0, 0.1) is 0 Å². The standard InChI is InChI=1S/C22H19N3O2S/c26-20(13-16-14-27-21(23-16)15-7-2-1-3-8-15)25-12-6-10-18(25)22-24-17-9-4-5-11-19(17)28-22/h1-5,7-9,11,14,18H,6,10,12-13H2. The van der Waals surface area contributed by atoms with Crippen LogP contribution in [0.1, 0.15) is 29.6 Å². The lowest BCUT2D eigenvalue weighted by Gasteiger charge is -2.22. The number of aromatic nitrogens is 2. The van der Waals surface area contributed by atoms with Crippen LogP contribution in [0.25, 0.3) is 21.7 Å². The van der Waals surface area contributed by atoms with Crippen LogP contribution in [0.4, 0.5) is 0 Å². The van der Waals surface area contributed by atoms with Crippen molar-refractivity contribution in [1.82, 2.24) is 14.9 Å². The quantitative estimate of drug-likeness (QED) is 0.500. The number of hydrogen-bond acceptors (Lipinski definition) is 5. The molecule has 0 saturated carbocycles. The zero-order chi connectivity index (χ0) is 18.9. The summed E-state index contributed by atoms with van der Waals surface area (Å²) in [5, 5.41) is 1.03. The lowest BCUT2D eigenvalue weighted by Crippen LogP contribution is -2.31. The molecule has 4 aromatic rings. The number of carbonyl (C=O) groups excluding carboxylic acids is 1. The van der Waals surface area contributed by atoms with Crippen LogP contribution >= 0.6 is 11.3 Å². The summed E-state index contributed by atoms with van der Waals surface area (Å²) in [5.74, 6) is 0.627. The fraction of sp³-hybridized carbons (Fsp3) is 0.227. The fourth-order valence-electron chi connectivity index (χ4n) is 3.71. The molecule has 1 aliphatic heterocycles. The highest BCUT2D eigenvalue weighted by molar-refractivity contribution is 7.18. The normalized spacial score (nSPS) is 16.7. The second-order valence-electron chi connectivity index (χ2n) is 6.95. The Balaban J connectivity index is 1.34. The molecule has 140 valence electrons. The van der Waals surface area contributed by atoms with E-state index >= 15 is 0 Å². The monoisotopic (exact) mass is 389 g/mol. The molecule has 5 rings (SSSR count). The van der Waals surface area contributed by atoms with Gasteiger partial charge >= 0.3 is 0 Å². The van der Waals surface area contributed by atoms with Crippen molar-refractivity contribution in [2.45, 2.75) is 25.3 Å². The zero-order valence-electron chi connectivity index (χ0n) is 15.2. The summed E-state index contributed by atoms with van der Waals surface area (Å²) in [7, 11) is 0. The van der Waals surface area contributed by atoms with Gasteiger partial charge in [-0.05, 0) is 37.1 Å². The molecule has 1 unspecified atom stereocenters. The van der Waals surface area contributed by atoms with E-state index in [1.807, 2.05) is 53.4 Å². The number of fused-ring (bicyclic) bond motifs is 1. The number of nitrogens with zero attached hydrogens (tertiary/aromatic N) is 3. The topological polar surface area (TPSA) is 59.2 Å². The van der Waals surface area contributed by atoms with E-state index in [9.17, 15) is 4.79 Å². The molecule has 2 aromatic heterocycles. The third-order valence-electron chi connectivity index (χ3n) is 5.07. The van der Waals surface area contributed by atoms with E-state index < -0.39 is 0 Å². The molecule has 0 radical (unpaired) electrons. The third kappa shape index (κ3) is 3.20. The average Bonchev–Trinajstić information content (AvgIpc) is 3.47. The van der Waals surface area contributed by atoms with E-state index in [-0.39, 0.29) is 18.4 Å². The SMILES string of the molecule is O=C(Cc1coc(-c2ccccc2)n1)N1CCCC1c1nc2ccccc2s1. The van der Waals surface area contributed by atoms with Gasteiger partial charge < -0.3 is 9.32 Å². The Morgan fingerprint density at radius 3 is 2.79 bits per heavy atom. The first-order valence-electron chi connectivity index (χ1n) is 9.43. The Morgan fingerprint density at radius 2 is 1.93 bits per heavy atom. The predicted molar refractivity (Wildman–Crippen MR) is 109 cm³/mol. The van der Waals surface area contributed by atoms with Gasteiger partial charge in [-0.1, -0.05) is 30.3 Å². The van der Waals surface area contributed by atoms with Crippen molar-refractivity contribution >= 4 is 27.5 Å². The molecule has 1 atom stereocenters. The molecule has 1 amide bonds. The van der Waals surface area contributed by atoms with Crippen LogP contribution in [0.5, 0.6) is 0 Å². The second-order valence-corrected chi connectivity index (χ2v) is 8.01. The summed E-state index contributed by atoms with van der Waals surface area (Å²) in [4.78, 5) is 24.2. The van der Waals surface area contributed by atoms with Gasteiger partial charge in [-0.3, -0.25) is 4.79 Å². The molecule has 1 fully saturated rings. The molecule has 0 bridgehead atoms. The smallest absolute Gasteiger partial charge is 0.229 e. The summed E-state index contributed by atoms with van der Waals surface area (Å²) in [6.45, 7) is 0.767. The number of rotatable bonds is 4. The molecular weight excluding hydrogens is 370 g/mol. The Kier molecular flexibility index (Phi) is 4.41. The minimum atomic E-state index is 0.0606. The Labute approximate surface area is 166 Å². The van der Waals surface area contributed by atoms with Crippen LogP contribution < -0.4 is 0 Å². The molecule has 0 N–H and O–H groups in total. The number of oxazole rings is 1. The first-order valence-corrected chi connectivity index (χ1v) is 10.2. The van der Waals surface area contributed by atoms with Crippen molar-refractivity contribution in [2.24, 2.45) is 0 Å². The molecule has 28 heavy (non-hydrogen) atoms. The minimum Gasteiger partial charge on any atom is -0.444 e. The van der Waals surface area contributed by atoms with Crippen LogP contribution in [0.15, 0.2) is 65.3 Å². The third-order valence-corrected chi connectivity index (χ3v) is 6.21. The summed E-state index contributed by atoms with van der Waals surface area (Å²) < 4.78 is 6.74. The van der Waals surface area contributed by atoms with Gasteiger partial charge in [-0.15, -0.1) is 11.3 Å². The van der Waals surface area contributed by atoms with E-state index in [1.54, 1.807) is 17.6 Å². The van der Waals surface area contributed by atoms with Gasteiger partial charge in [0.05, 0.1) is 28.4 Å². The van der Waals surface area contributed by atoms with Crippen LogP contribution in [-0.2, 0) is 11.2 Å². The van der Waals surface area contributed by atoms with Crippen molar-refractivity contribution in [3.63, 3.8) is 0 Å². The Hall–Kier alpha value is -2.99. The van der Waals surface area contributed by atoms with Crippen molar-refractivity contribution in [3.05, 3.63) is 71.6 Å². The summed E-state index contributed by atoms with van der Waals surface area (Å²) in [5.41, 5.74) is 2.58. The molecule has 0 spiro atoms. The number of para-hydroxylation sites is 1. The van der Waals surface area contributed by atoms with Gasteiger partial charge in [0.2, 0.25) is 11.8 Å². The Bertz CT molecular complexity index is 1090. The van der Waals surface area contributed by atoms with Crippen molar-refractivity contribution in [3.8, 4) is 11.5 Å². The highest BCUT2D eigenvalue weighted by Crippen LogP contribution is 2.36. The maximum atomic E-state index is 13.0. The number of benzene rings is 2. The van der Waals surface area contributed by atoms with Crippen molar-refractivity contribution in [1.29, 1.82) is 0 Å². The van der Waals surface area contributed by atoms with Gasteiger partial charge in [-0.2, -0.15) is 0 Å². The molecule has 1 aliphatic rings. The summed E-state index contributed by atoms with van der Waals surface area (Å²) in [6.07, 6.45) is 3.79.